The van der Waals surface area contributed by atoms with Crippen LogP contribution in [-0.4, -0.2) is 26.5 Å². The number of nitrogens with zero attached hydrogens (tertiary/aromatic N) is 1. The molecule has 2 heterocycles. The molecule has 0 unspecified atom stereocenters. The molecule has 0 radical (unpaired) electrons. The van der Waals surface area contributed by atoms with Crippen molar-refractivity contribution in [2.45, 2.75) is 38.9 Å². The van der Waals surface area contributed by atoms with Gasteiger partial charge < -0.3 is 9.16 Å². The summed E-state index contributed by atoms with van der Waals surface area (Å²) in [5, 5.41) is 0.248. The molecule has 0 spiro atoms. The summed E-state index contributed by atoms with van der Waals surface area (Å²) < 4.78 is 11.9. The van der Waals surface area contributed by atoms with E-state index in [2.05, 4.69) is 51.0 Å². The van der Waals surface area contributed by atoms with Crippen LogP contribution in [0.3, 0.4) is 0 Å². The summed E-state index contributed by atoms with van der Waals surface area (Å²) >= 11 is 0. The van der Waals surface area contributed by atoms with Crippen LogP contribution < -0.4 is 4.74 Å². The number of pyridine rings is 1. The molecule has 0 aromatic carbocycles. The van der Waals surface area contributed by atoms with Crippen molar-refractivity contribution in [1.82, 2.24) is 4.98 Å². The van der Waals surface area contributed by atoms with Crippen LogP contribution in [0.25, 0.3) is 0 Å². The van der Waals surface area contributed by atoms with Gasteiger partial charge in [-0.05, 0) is 36.4 Å². The van der Waals surface area contributed by atoms with Gasteiger partial charge in [0, 0.05) is 22.1 Å². The Morgan fingerprint density at radius 1 is 1.04 bits per heavy atom. The highest BCUT2D eigenvalue weighted by atomic mass is 33.1. The third-order valence-electron chi connectivity index (χ3n) is 4.09. The molecule has 23 heavy (non-hydrogen) atoms. The zero-order valence-corrected chi connectivity index (χ0v) is 17.1. The first kappa shape index (κ1) is 18.6. The van der Waals surface area contributed by atoms with Crippen molar-refractivity contribution in [2.24, 2.45) is 0 Å². The molecular weight excluding hydrogens is 342 g/mol. The summed E-state index contributed by atoms with van der Waals surface area (Å²) in [5.74, 6) is 0.662. The van der Waals surface area contributed by atoms with Gasteiger partial charge in [-0.25, -0.2) is 4.98 Å². The Hall–Kier alpha value is -0.693. The molecule has 126 valence electrons. The Kier molecular flexibility index (Phi) is 6.42. The summed E-state index contributed by atoms with van der Waals surface area (Å²) in [5.41, 5.74) is 0. The highest BCUT2D eigenvalue weighted by Gasteiger charge is 2.37. The lowest BCUT2D eigenvalue weighted by molar-refractivity contribution is 0.325. The lowest BCUT2D eigenvalue weighted by atomic mass is 10.2. The van der Waals surface area contributed by atoms with E-state index in [1.54, 1.807) is 27.8 Å². The maximum Gasteiger partial charge on any atom is 0.213 e. The number of hydrogen-bond donors (Lipinski definition) is 0. The molecule has 0 saturated carbocycles. The topological polar surface area (TPSA) is 31.4 Å². The molecule has 6 heteroatoms. The standard InChI is InChI=1S/C17H25NO2S2Si/c1-17(2,3)23(4,5)20-13-15-10-9-14(21-22-15)12-19-16-8-6-7-11-18-16/h6-11H,12-13H2,1-5H3. The van der Waals surface area contributed by atoms with Gasteiger partial charge in [0.2, 0.25) is 5.88 Å². The van der Waals surface area contributed by atoms with Crippen LogP contribution in [0.15, 0.2) is 46.4 Å². The van der Waals surface area contributed by atoms with Crippen molar-refractivity contribution >= 4 is 29.9 Å². The Bertz CT molecular complexity index is 580. The van der Waals surface area contributed by atoms with Gasteiger partial charge in [0.05, 0.1) is 6.61 Å². The number of ether oxygens (including phenoxy) is 1. The van der Waals surface area contributed by atoms with Crippen molar-refractivity contribution in [3.63, 3.8) is 0 Å². The second-order valence-electron chi connectivity index (χ2n) is 6.94. The van der Waals surface area contributed by atoms with E-state index < -0.39 is 8.32 Å². The summed E-state index contributed by atoms with van der Waals surface area (Å²) in [6.07, 6.45) is 6.00. The van der Waals surface area contributed by atoms with Crippen LogP contribution >= 0.6 is 21.6 Å². The van der Waals surface area contributed by atoms with Gasteiger partial charge in [-0.15, -0.1) is 0 Å². The van der Waals surface area contributed by atoms with Gasteiger partial charge in [-0.3, -0.25) is 0 Å². The Morgan fingerprint density at radius 2 is 1.70 bits per heavy atom. The van der Waals surface area contributed by atoms with Gasteiger partial charge in [0.15, 0.2) is 8.32 Å². The zero-order valence-electron chi connectivity index (χ0n) is 14.5. The molecule has 0 bridgehead atoms. The number of hydrogen-bond acceptors (Lipinski definition) is 5. The molecule has 0 aliphatic carbocycles. The van der Waals surface area contributed by atoms with Gasteiger partial charge in [-0.2, -0.15) is 0 Å². The molecule has 0 fully saturated rings. The summed E-state index contributed by atoms with van der Waals surface area (Å²) in [6, 6.07) is 5.68. The highest BCUT2D eigenvalue weighted by molar-refractivity contribution is 8.79. The predicted octanol–water partition coefficient (Wildman–Crippen LogP) is 5.65. The first-order chi connectivity index (χ1) is 10.8. The van der Waals surface area contributed by atoms with Crippen LogP contribution in [0.5, 0.6) is 5.88 Å². The van der Waals surface area contributed by atoms with Crippen molar-refractivity contribution < 1.29 is 9.16 Å². The molecule has 2 rings (SSSR count). The third kappa shape index (κ3) is 5.71. The van der Waals surface area contributed by atoms with Crippen LogP contribution in [0.1, 0.15) is 20.8 Å². The van der Waals surface area contributed by atoms with E-state index >= 15 is 0 Å². The minimum Gasteiger partial charge on any atom is -0.472 e. The molecule has 1 aliphatic heterocycles. The van der Waals surface area contributed by atoms with Crippen LogP contribution in [-0.2, 0) is 4.43 Å². The minimum absolute atomic E-state index is 0.248. The lowest BCUT2D eigenvalue weighted by Crippen LogP contribution is -2.41. The smallest absolute Gasteiger partial charge is 0.213 e. The highest BCUT2D eigenvalue weighted by Crippen LogP contribution is 2.42. The predicted molar refractivity (Wildman–Crippen MR) is 104 cm³/mol. The Balaban J connectivity index is 1.83. The van der Waals surface area contributed by atoms with Crippen molar-refractivity contribution in [2.75, 3.05) is 13.2 Å². The molecule has 0 N–H and O–H groups in total. The first-order valence-electron chi connectivity index (χ1n) is 7.70. The largest absolute Gasteiger partial charge is 0.472 e. The molecular formula is C17H25NO2S2Si. The number of allylic oxidation sites excluding steroid dienone is 2. The zero-order chi connectivity index (χ0) is 16.9. The number of aromatic nitrogens is 1. The van der Waals surface area contributed by atoms with Crippen molar-refractivity contribution in [3.05, 3.63) is 46.4 Å². The molecule has 0 atom stereocenters. The monoisotopic (exact) mass is 367 g/mol. The fourth-order valence-electron chi connectivity index (χ4n) is 1.54. The average Bonchev–Trinajstić information content (AvgIpc) is 2.52. The van der Waals surface area contributed by atoms with Crippen molar-refractivity contribution in [1.29, 1.82) is 0 Å². The summed E-state index contributed by atoms with van der Waals surface area (Å²) in [4.78, 5) is 6.62. The van der Waals surface area contributed by atoms with Gasteiger partial charge in [-0.1, -0.05) is 48.4 Å². The molecule has 0 amide bonds. The first-order valence-corrected chi connectivity index (χ1v) is 12.8. The van der Waals surface area contributed by atoms with E-state index in [4.69, 9.17) is 9.16 Å². The van der Waals surface area contributed by atoms with E-state index in [9.17, 15) is 0 Å². The Morgan fingerprint density at radius 3 is 2.22 bits per heavy atom. The molecule has 0 saturated heterocycles. The van der Waals surface area contributed by atoms with Crippen LogP contribution in [0, 0.1) is 0 Å². The summed E-state index contributed by atoms with van der Waals surface area (Å²) in [7, 11) is 1.82. The van der Waals surface area contributed by atoms with Gasteiger partial charge >= 0.3 is 0 Å². The number of rotatable bonds is 6. The van der Waals surface area contributed by atoms with Crippen molar-refractivity contribution in [3.8, 4) is 5.88 Å². The molecule has 1 aromatic rings. The second kappa shape index (κ2) is 7.92. The fourth-order valence-corrected chi connectivity index (χ4v) is 4.53. The maximum atomic E-state index is 6.26. The van der Waals surface area contributed by atoms with Gasteiger partial charge in [0.1, 0.15) is 6.61 Å². The van der Waals surface area contributed by atoms with E-state index in [0.29, 0.717) is 19.1 Å². The van der Waals surface area contributed by atoms with Crippen LogP contribution in [0.4, 0.5) is 0 Å². The summed E-state index contributed by atoms with van der Waals surface area (Å²) in [6.45, 7) is 12.6. The quantitative estimate of drug-likeness (QED) is 0.479. The SMILES string of the molecule is CC(C)(C)[Si](C)(C)OCC1=CC=C(COc2ccccn2)SS1. The molecule has 1 aliphatic rings. The lowest BCUT2D eigenvalue weighted by Gasteiger charge is -2.36. The average molecular weight is 368 g/mol. The van der Waals surface area contributed by atoms with E-state index in [1.165, 1.54) is 9.81 Å². The van der Waals surface area contributed by atoms with E-state index in [0.717, 1.165) is 0 Å². The minimum atomic E-state index is -1.68. The second-order valence-corrected chi connectivity index (χ2v) is 14.1. The normalized spacial score (nSPS) is 15.9. The van der Waals surface area contributed by atoms with Gasteiger partial charge in [0.25, 0.3) is 0 Å². The van der Waals surface area contributed by atoms with E-state index in [-0.39, 0.29) is 5.04 Å². The van der Waals surface area contributed by atoms with E-state index in [1.807, 2.05) is 18.2 Å². The fraction of sp³-hybridized carbons (Fsp3) is 0.471. The third-order valence-corrected chi connectivity index (χ3v) is 11.1. The maximum absolute atomic E-state index is 6.26. The molecule has 3 nitrogen and oxygen atoms in total. The van der Waals surface area contributed by atoms with Crippen LogP contribution in [0.2, 0.25) is 18.1 Å². The Labute approximate surface area is 148 Å². The molecule has 1 aromatic heterocycles.